The summed E-state index contributed by atoms with van der Waals surface area (Å²) >= 11 is 0. The zero-order valence-electron chi connectivity index (χ0n) is 11.5. The Hall–Kier alpha value is -0.950. The number of hydrogen-bond acceptors (Lipinski definition) is 4. The van der Waals surface area contributed by atoms with Crippen LogP contribution in [0, 0.1) is 5.92 Å². The number of sulfonamides is 1. The number of hydrogen-bond donors (Lipinski definition) is 2. The second-order valence-corrected chi connectivity index (χ2v) is 7.25. The lowest BCUT2D eigenvalue weighted by atomic mass is 10.0. The van der Waals surface area contributed by atoms with Crippen LogP contribution >= 0.6 is 0 Å². The average Bonchev–Trinajstić information content (AvgIpc) is 2.47. The van der Waals surface area contributed by atoms with E-state index in [0.29, 0.717) is 19.6 Å². The first-order valence-corrected chi connectivity index (χ1v) is 8.53. The highest BCUT2D eigenvalue weighted by Gasteiger charge is 2.29. The highest BCUT2D eigenvalue weighted by Crippen LogP contribution is 2.22. The first-order valence-electron chi connectivity index (χ1n) is 6.92. The van der Waals surface area contributed by atoms with E-state index >= 15 is 0 Å². The van der Waals surface area contributed by atoms with Gasteiger partial charge in [0.25, 0.3) is 0 Å². The summed E-state index contributed by atoms with van der Waals surface area (Å²) in [6, 6.07) is 7.36. The lowest BCUT2D eigenvalue weighted by Gasteiger charge is -2.31. The molecule has 3 N–H and O–H groups in total. The van der Waals surface area contributed by atoms with E-state index in [2.05, 4.69) is 0 Å². The number of rotatable bonds is 5. The van der Waals surface area contributed by atoms with Crippen LogP contribution in [0.1, 0.15) is 24.0 Å². The Kier molecular flexibility index (Phi) is 5.15. The summed E-state index contributed by atoms with van der Waals surface area (Å²) < 4.78 is 26.5. The minimum absolute atomic E-state index is 0.0154. The summed E-state index contributed by atoms with van der Waals surface area (Å²) in [4.78, 5) is 0. The molecule has 5 nitrogen and oxygen atoms in total. The van der Waals surface area contributed by atoms with Crippen molar-refractivity contribution >= 4 is 10.0 Å². The quantitative estimate of drug-likeness (QED) is 0.837. The maximum absolute atomic E-state index is 12.5. The number of nitrogens with zero attached hydrogens (tertiary/aromatic N) is 1. The fourth-order valence-electron chi connectivity index (χ4n) is 2.61. The Labute approximate surface area is 120 Å². The Morgan fingerprint density at radius 2 is 2.00 bits per heavy atom. The monoisotopic (exact) mass is 298 g/mol. The molecule has 1 aromatic rings. The van der Waals surface area contributed by atoms with Gasteiger partial charge in [-0.3, -0.25) is 0 Å². The van der Waals surface area contributed by atoms with Crippen molar-refractivity contribution in [1.82, 2.24) is 4.31 Å². The zero-order chi connectivity index (χ0) is 14.6. The Morgan fingerprint density at radius 3 is 2.65 bits per heavy atom. The molecule has 0 aromatic heterocycles. The van der Waals surface area contributed by atoms with Crippen molar-refractivity contribution in [2.24, 2.45) is 11.7 Å². The zero-order valence-corrected chi connectivity index (χ0v) is 12.3. The van der Waals surface area contributed by atoms with E-state index < -0.39 is 10.0 Å². The van der Waals surface area contributed by atoms with Gasteiger partial charge in [-0.05, 0) is 29.9 Å². The van der Waals surface area contributed by atoms with Crippen LogP contribution in [0.15, 0.2) is 24.3 Å². The first kappa shape index (κ1) is 15.4. The molecule has 1 aromatic carbocycles. The molecule has 1 unspecified atom stereocenters. The van der Waals surface area contributed by atoms with Crippen LogP contribution in [-0.4, -0.2) is 37.5 Å². The Bertz CT molecular complexity index is 545. The molecule has 112 valence electrons. The molecule has 1 fully saturated rings. The molecule has 0 spiro atoms. The molecule has 0 bridgehead atoms. The molecule has 6 heteroatoms. The van der Waals surface area contributed by atoms with Crippen molar-refractivity contribution in [3.05, 3.63) is 35.4 Å². The summed E-state index contributed by atoms with van der Waals surface area (Å²) in [6.45, 7) is 1.35. The molecule has 1 aliphatic rings. The molecule has 1 heterocycles. The van der Waals surface area contributed by atoms with Gasteiger partial charge in [-0.1, -0.05) is 24.3 Å². The van der Waals surface area contributed by atoms with Crippen LogP contribution < -0.4 is 5.73 Å². The summed E-state index contributed by atoms with van der Waals surface area (Å²) in [5, 5.41) is 9.21. The highest BCUT2D eigenvalue weighted by atomic mass is 32.2. The van der Waals surface area contributed by atoms with Crippen LogP contribution in [0.2, 0.25) is 0 Å². The second-order valence-electron chi connectivity index (χ2n) is 5.28. The average molecular weight is 298 g/mol. The van der Waals surface area contributed by atoms with E-state index in [1.807, 2.05) is 24.3 Å². The third-order valence-corrected chi connectivity index (χ3v) is 5.60. The predicted molar refractivity (Wildman–Crippen MR) is 78.3 cm³/mol. The van der Waals surface area contributed by atoms with E-state index in [9.17, 15) is 13.5 Å². The van der Waals surface area contributed by atoms with Crippen molar-refractivity contribution in [2.45, 2.75) is 25.1 Å². The molecule has 1 aliphatic heterocycles. The third kappa shape index (κ3) is 3.58. The van der Waals surface area contributed by atoms with Crippen LogP contribution in [0.4, 0.5) is 0 Å². The van der Waals surface area contributed by atoms with Gasteiger partial charge in [0.1, 0.15) is 0 Å². The minimum Gasteiger partial charge on any atom is -0.396 e. The summed E-state index contributed by atoms with van der Waals surface area (Å²) in [5.74, 6) is 0.0432. The van der Waals surface area contributed by atoms with Crippen molar-refractivity contribution in [2.75, 3.05) is 19.7 Å². The van der Waals surface area contributed by atoms with Gasteiger partial charge in [-0.2, -0.15) is 0 Å². The minimum atomic E-state index is -3.35. The van der Waals surface area contributed by atoms with Crippen molar-refractivity contribution < 1.29 is 13.5 Å². The largest absolute Gasteiger partial charge is 0.396 e. The molecule has 2 rings (SSSR count). The van der Waals surface area contributed by atoms with Crippen LogP contribution in [0.25, 0.3) is 0 Å². The molecule has 0 radical (unpaired) electrons. The fourth-order valence-corrected chi connectivity index (χ4v) is 4.32. The molecule has 1 saturated heterocycles. The lowest BCUT2D eigenvalue weighted by Crippen LogP contribution is -2.41. The molecule has 0 aliphatic carbocycles. The predicted octanol–water partition coefficient (Wildman–Crippen LogP) is 0.679. The van der Waals surface area contributed by atoms with Crippen LogP contribution in [0.3, 0.4) is 0 Å². The van der Waals surface area contributed by atoms with Gasteiger partial charge in [0.05, 0.1) is 5.75 Å². The molecular formula is C14H22N2O3S. The Morgan fingerprint density at radius 1 is 1.30 bits per heavy atom. The van der Waals surface area contributed by atoms with Gasteiger partial charge >= 0.3 is 0 Å². The lowest BCUT2D eigenvalue weighted by molar-refractivity contribution is 0.165. The summed E-state index contributed by atoms with van der Waals surface area (Å²) in [6.07, 6.45) is 1.70. The fraction of sp³-hybridized carbons (Fsp3) is 0.571. The number of aliphatic hydroxyl groups is 1. The topological polar surface area (TPSA) is 83.6 Å². The number of benzene rings is 1. The maximum atomic E-state index is 12.5. The van der Waals surface area contributed by atoms with E-state index in [1.54, 1.807) is 0 Å². The molecule has 0 amide bonds. The van der Waals surface area contributed by atoms with E-state index in [-0.39, 0.29) is 18.3 Å². The Balaban J connectivity index is 2.14. The maximum Gasteiger partial charge on any atom is 0.218 e. The van der Waals surface area contributed by atoms with E-state index in [1.165, 1.54) is 4.31 Å². The third-order valence-electron chi connectivity index (χ3n) is 3.81. The second kappa shape index (κ2) is 6.67. The molecular weight excluding hydrogens is 276 g/mol. The van der Waals surface area contributed by atoms with Gasteiger partial charge in [0.15, 0.2) is 0 Å². The van der Waals surface area contributed by atoms with Gasteiger partial charge in [0.2, 0.25) is 10.0 Å². The number of nitrogens with two attached hydrogens (primary N) is 1. The van der Waals surface area contributed by atoms with Gasteiger partial charge < -0.3 is 10.8 Å². The summed E-state index contributed by atoms with van der Waals surface area (Å²) in [7, 11) is -3.35. The SMILES string of the molecule is NCc1ccccc1CS(=O)(=O)N1CCCC(CO)C1. The van der Waals surface area contributed by atoms with Gasteiger partial charge in [0, 0.05) is 26.2 Å². The number of aliphatic hydroxyl groups excluding tert-OH is 1. The van der Waals surface area contributed by atoms with Crippen molar-refractivity contribution in [3.63, 3.8) is 0 Å². The van der Waals surface area contributed by atoms with E-state index in [0.717, 1.165) is 24.0 Å². The normalized spacial score (nSPS) is 21.0. The molecule has 0 saturated carbocycles. The molecule has 1 atom stereocenters. The van der Waals surface area contributed by atoms with Gasteiger partial charge in [-0.15, -0.1) is 0 Å². The molecule has 20 heavy (non-hydrogen) atoms. The van der Waals surface area contributed by atoms with Crippen LogP contribution in [0.5, 0.6) is 0 Å². The van der Waals surface area contributed by atoms with Crippen molar-refractivity contribution in [1.29, 1.82) is 0 Å². The summed E-state index contributed by atoms with van der Waals surface area (Å²) in [5.41, 5.74) is 7.28. The highest BCUT2D eigenvalue weighted by molar-refractivity contribution is 7.88. The van der Waals surface area contributed by atoms with Crippen molar-refractivity contribution in [3.8, 4) is 0 Å². The smallest absolute Gasteiger partial charge is 0.218 e. The first-order chi connectivity index (χ1) is 9.56. The van der Waals surface area contributed by atoms with E-state index in [4.69, 9.17) is 5.73 Å². The standard InChI is InChI=1S/C14H22N2O3S/c15-8-13-5-1-2-6-14(13)11-20(18,19)16-7-3-4-12(9-16)10-17/h1-2,5-6,12,17H,3-4,7-11,15H2. The van der Waals surface area contributed by atoms with Gasteiger partial charge in [-0.25, -0.2) is 12.7 Å². The number of piperidine rings is 1. The van der Waals surface area contributed by atoms with Crippen LogP contribution in [-0.2, 0) is 22.3 Å².